The van der Waals surface area contributed by atoms with Crippen LogP contribution in [-0.4, -0.2) is 47.1 Å². The lowest BCUT2D eigenvalue weighted by molar-refractivity contribution is -0.130. The van der Waals surface area contributed by atoms with Gasteiger partial charge >= 0.3 is 0 Å². The van der Waals surface area contributed by atoms with Gasteiger partial charge in [-0.3, -0.25) is 4.79 Å². The van der Waals surface area contributed by atoms with Crippen molar-refractivity contribution < 1.29 is 9.53 Å². The number of carbonyl (C=O) groups is 1. The molecule has 0 N–H and O–H groups in total. The third-order valence-corrected chi connectivity index (χ3v) is 5.17. The highest BCUT2D eigenvalue weighted by molar-refractivity contribution is 7.12. The molecule has 0 bridgehead atoms. The van der Waals surface area contributed by atoms with Crippen LogP contribution in [0.4, 0.5) is 0 Å². The Balaban J connectivity index is 1.62. The van der Waals surface area contributed by atoms with E-state index in [1.54, 1.807) is 17.7 Å². The van der Waals surface area contributed by atoms with E-state index in [0.717, 1.165) is 29.2 Å². The van der Waals surface area contributed by atoms with Gasteiger partial charge in [0.1, 0.15) is 6.33 Å². The second-order valence-electron chi connectivity index (χ2n) is 6.32. The van der Waals surface area contributed by atoms with Gasteiger partial charge in [0, 0.05) is 40.1 Å². The maximum Gasteiger partial charge on any atom is 0.227 e. The van der Waals surface area contributed by atoms with E-state index in [9.17, 15) is 4.79 Å². The van der Waals surface area contributed by atoms with Crippen molar-refractivity contribution in [2.75, 3.05) is 26.3 Å². The smallest absolute Gasteiger partial charge is 0.227 e. The average molecular weight is 345 g/mol. The first-order valence-electron chi connectivity index (χ1n) is 8.28. The number of aromatic nitrogens is 2. The summed E-state index contributed by atoms with van der Waals surface area (Å²) in [5.41, 5.74) is 1.98. The van der Waals surface area contributed by atoms with Crippen LogP contribution in [0, 0.1) is 19.8 Å². The molecule has 0 spiro atoms. The van der Waals surface area contributed by atoms with Gasteiger partial charge in [-0.2, -0.15) is 0 Å². The summed E-state index contributed by atoms with van der Waals surface area (Å²) in [6.07, 6.45) is 2.90. The van der Waals surface area contributed by atoms with Crippen LogP contribution in [-0.2, 0) is 22.4 Å². The molecular formula is C18H23N3O2S. The number of nitrogens with zero attached hydrogens (tertiary/aromatic N) is 3. The maximum atomic E-state index is 12.6. The molecule has 1 saturated heterocycles. The van der Waals surface area contributed by atoms with Crippen LogP contribution >= 0.6 is 11.3 Å². The fourth-order valence-electron chi connectivity index (χ4n) is 2.99. The standard InChI is InChI=1S/C18H23N3O2S/c1-13-7-16(20-12-19-13)8-15-10-21(5-6-23-11-15)18(22)9-17-4-3-14(2)24-17/h3-4,7,12,15H,5-6,8-11H2,1-2H3/t15-/m1/s1. The van der Waals surface area contributed by atoms with Crippen LogP contribution in [0.2, 0.25) is 0 Å². The summed E-state index contributed by atoms with van der Waals surface area (Å²) in [6.45, 7) is 6.71. The summed E-state index contributed by atoms with van der Waals surface area (Å²) in [5.74, 6) is 0.460. The summed E-state index contributed by atoms with van der Waals surface area (Å²) >= 11 is 1.69. The highest BCUT2D eigenvalue weighted by Gasteiger charge is 2.23. The molecule has 0 aromatic carbocycles. The number of aryl methyl sites for hydroxylation is 2. The minimum absolute atomic E-state index is 0.186. The highest BCUT2D eigenvalue weighted by Crippen LogP contribution is 2.18. The van der Waals surface area contributed by atoms with Crippen LogP contribution in [0.3, 0.4) is 0 Å². The molecule has 5 nitrogen and oxygen atoms in total. The van der Waals surface area contributed by atoms with E-state index in [2.05, 4.69) is 23.0 Å². The van der Waals surface area contributed by atoms with Crippen LogP contribution < -0.4 is 0 Å². The van der Waals surface area contributed by atoms with E-state index >= 15 is 0 Å². The molecule has 2 aromatic heterocycles. The minimum atomic E-state index is 0.186. The Hall–Kier alpha value is -1.79. The summed E-state index contributed by atoms with van der Waals surface area (Å²) in [5, 5.41) is 0. The molecule has 0 aliphatic carbocycles. The van der Waals surface area contributed by atoms with Crippen molar-refractivity contribution in [3.8, 4) is 0 Å². The van der Waals surface area contributed by atoms with Crippen LogP contribution in [0.5, 0.6) is 0 Å². The van der Waals surface area contributed by atoms with Gasteiger partial charge in [0.2, 0.25) is 5.91 Å². The predicted octanol–water partition coefficient (Wildman–Crippen LogP) is 2.42. The average Bonchev–Trinajstić information content (AvgIpc) is 2.81. The van der Waals surface area contributed by atoms with Crippen molar-refractivity contribution in [1.29, 1.82) is 0 Å². The SMILES string of the molecule is Cc1cc(C[C@H]2COCCN(C(=O)Cc3ccc(C)s3)C2)ncn1. The van der Waals surface area contributed by atoms with Crippen LogP contribution in [0.15, 0.2) is 24.5 Å². The van der Waals surface area contributed by atoms with Crippen molar-refractivity contribution in [3.05, 3.63) is 45.7 Å². The van der Waals surface area contributed by atoms with Gasteiger partial charge < -0.3 is 9.64 Å². The topological polar surface area (TPSA) is 55.3 Å². The monoisotopic (exact) mass is 345 g/mol. The summed E-state index contributed by atoms with van der Waals surface area (Å²) in [4.78, 5) is 25.4. The molecule has 0 radical (unpaired) electrons. The molecule has 24 heavy (non-hydrogen) atoms. The lowest BCUT2D eigenvalue weighted by atomic mass is 10.0. The lowest BCUT2D eigenvalue weighted by Crippen LogP contribution is -2.37. The second kappa shape index (κ2) is 7.85. The normalized spacial score (nSPS) is 18.4. The van der Waals surface area contributed by atoms with E-state index in [1.807, 2.05) is 24.0 Å². The molecule has 1 aliphatic heterocycles. The molecule has 1 fully saturated rings. The van der Waals surface area contributed by atoms with Gasteiger partial charge in [-0.15, -0.1) is 11.3 Å². The van der Waals surface area contributed by atoms with E-state index in [4.69, 9.17) is 4.74 Å². The molecule has 1 atom stereocenters. The van der Waals surface area contributed by atoms with Gasteiger partial charge in [0.25, 0.3) is 0 Å². The van der Waals surface area contributed by atoms with Crippen molar-refractivity contribution in [1.82, 2.24) is 14.9 Å². The molecule has 0 unspecified atom stereocenters. The van der Waals surface area contributed by atoms with Crippen molar-refractivity contribution >= 4 is 17.2 Å². The van der Waals surface area contributed by atoms with E-state index in [-0.39, 0.29) is 11.8 Å². The molecule has 0 saturated carbocycles. The first-order chi connectivity index (χ1) is 11.6. The van der Waals surface area contributed by atoms with Crippen molar-refractivity contribution in [3.63, 3.8) is 0 Å². The summed E-state index contributed by atoms with van der Waals surface area (Å²) in [7, 11) is 0. The number of hydrogen-bond acceptors (Lipinski definition) is 5. The quantitative estimate of drug-likeness (QED) is 0.854. The van der Waals surface area contributed by atoms with E-state index in [0.29, 0.717) is 26.2 Å². The van der Waals surface area contributed by atoms with Gasteiger partial charge in [-0.05, 0) is 38.5 Å². The fourth-order valence-corrected chi connectivity index (χ4v) is 3.87. The highest BCUT2D eigenvalue weighted by atomic mass is 32.1. The molecule has 2 aromatic rings. The summed E-state index contributed by atoms with van der Waals surface area (Å²) in [6, 6.07) is 6.12. The van der Waals surface area contributed by atoms with E-state index in [1.165, 1.54) is 4.88 Å². The zero-order valence-corrected chi connectivity index (χ0v) is 15.0. The number of ether oxygens (including phenoxy) is 1. The molecular weight excluding hydrogens is 322 g/mol. The molecule has 3 heterocycles. The Morgan fingerprint density at radius 2 is 2.25 bits per heavy atom. The van der Waals surface area contributed by atoms with Crippen LogP contribution in [0.1, 0.15) is 21.1 Å². The first kappa shape index (κ1) is 17.0. The number of rotatable bonds is 4. The van der Waals surface area contributed by atoms with Gasteiger partial charge in [-0.25, -0.2) is 9.97 Å². The Labute approximate surface area is 146 Å². The third-order valence-electron chi connectivity index (χ3n) is 4.17. The number of hydrogen-bond donors (Lipinski definition) is 0. The number of amides is 1. The maximum absolute atomic E-state index is 12.6. The Bertz CT molecular complexity index is 701. The zero-order valence-electron chi connectivity index (χ0n) is 14.2. The van der Waals surface area contributed by atoms with Gasteiger partial charge in [0.05, 0.1) is 19.6 Å². The third kappa shape index (κ3) is 4.61. The Kier molecular flexibility index (Phi) is 5.58. The summed E-state index contributed by atoms with van der Waals surface area (Å²) < 4.78 is 5.71. The molecule has 128 valence electrons. The zero-order chi connectivity index (χ0) is 16.9. The van der Waals surface area contributed by atoms with Crippen molar-refractivity contribution in [2.24, 2.45) is 5.92 Å². The Morgan fingerprint density at radius 1 is 1.38 bits per heavy atom. The fraction of sp³-hybridized carbons (Fsp3) is 0.500. The predicted molar refractivity (Wildman–Crippen MR) is 94.1 cm³/mol. The van der Waals surface area contributed by atoms with Gasteiger partial charge in [0.15, 0.2) is 0 Å². The molecule has 6 heteroatoms. The molecule has 1 aliphatic rings. The Morgan fingerprint density at radius 3 is 3.00 bits per heavy atom. The second-order valence-corrected chi connectivity index (χ2v) is 7.70. The van der Waals surface area contributed by atoms with Crippen molar-refractivity contribution in [2.45, 2.75) is 26.7 Å². The van der Waals surface area contributed by atoms with E-state index < -0.39 is 0 Å². The minimum Gasteiger partial charge on any atom is -0.379 e. The first-order valence-corrected chi connectivity index (χ1v) is 9.10. The lowest BCUT2D eigenvalue weighted by Gasteiger charge is -2.23. The molecule has 1 amide bonds. The molecule has 3 rings (SSSR count). The van der Waals surface area contributed by atoms with Crippen LogP contribution in [0.25, 0.3) is 0 Å². The number of thiophene rings is 1. The largest absolute Gasteiger partial charge is 0.379 e. The number of carbonyl (C=O) groups excluding carboxylic acids is 1. The van der Waals surface area contributed by atoms with Gasteiger partial charge in [-0.1, -0.05) is 0 Å².